The van der Waals surface area contributed by atoms with E-state index in [2.05, 4.69) is 17.4 Å². The van der Waals surface area contributed by atoms with Crippen LogP contribution in [0.4, 0.5) is 0 Å². The van der Waals surface area contributed by atoms with Gasteiger partial charge in [-0.1, -0.05) is 18.6 Å². The van der Waals surface area contributed by atoms with Gasteiger partial charge in [0.25, 0.3) is 0 Å². The molecule has 0 radical (unpaired) electrons. The van der Waals surface area contributed by atoms with Crippen molar-refractivity contribution in [2.45, 2.75) is 25.8 Å². The number of nitrogens with two attached hydrogens (primary N) is 1. The first kappa shape index (κ1) is 12.4. The molecular weight excluding hydrogens is 212 g/mol. The van der Waals surface area contributed by atoms with E-state index in [1.807, 2.05) is 12.1 Å². The summed E-state index contributed by atoms with van der Waals surface area (Å²) in [4.78, 5) is 0. The highest BCUT2D eigenvalue weighted by molar-refractivity contribution is 5.27. The average Bonchev–Trinajstić information content (AvgIpc) is 2.33. The Labute approximate surface area is 103 Å². The Hall–Kier alpha value is -1.06. The Morgan fingerprint density at radius 2 is 2.00 bits per heavy atom. The summed E-state index contributed by atoms with van der Waals surface area (Å²) in [5.74, 6) is 0.908. The minimum absolute atomic E-state index is 0.381. The highest BCUT2D eigenvalue weighted by Gasteiger charge is 2.34. The molecule has 2 rings (SSSR count). The van der Waals surface area contributed by atoms with Crippen LogP contribution in [0.25, 0.3) is 0 Å². The first-order valence-corrected chi connectivity index (χ1v) is 6.32. The fourth-order valence-corrected chi connectivity index (χ4v) is 2.35. The molecule has 0 bridgehead atoms. The van der Waals surface area contributed by atoms with E-state index in [0.717, 1.165) is 25.4 Å². The monoisotopic (exact) mass is 234 g/mol. The number of hydrogen-bond acceptors (Lipinski definition) is 3. The molecule has 0 saturated heterocycles. The average molecular weight is 234 g/mol. The quantitative estimate of drug-likeness (QED) is 0.790. The largest absolute Gasteiger partial charge is 0.497 e. The van der Waals surface area contributed by atoms with Crippen molar-refractivity contribution in [2.75, 3.05) is 20.2 Å². The zero-order chi connectivity index (χ0) is 12.1. The van der Waals surface area contributed by atoms with Crippen LogP contribution in [0.5, 0.6) is 5.75 Å². The lowest BCUT2D eigenvalue weighted by atomic mass is 9.69. The third-order valence-corrected chi connectivity index (χ3v) is 3.84. The number of benzene rings is 1. The van der Waals surface area contributed by atoms with Crippen LogP contribution in [0.3, 0.4) is 0 Å². The van der Waals surface area contributed by atoms with Crippen molar-refractivity contribution in [1.29, 1.82) is 0 Å². The third-order valence-electron chi connectivity index (χ3n) is 3.84. The molecule has 1 aromatic rings. The fourth-order valence-electron chi connectivity index (χ4n) is 2.35. The van der Waals surface area contributed by atoms with Gasteiger partial charge >= 0.3 is 0 Å². The molecule has 0 aromatic heterocycles. The smallest absolute Gasteiger partial charge is 0.118 e. The van der Waals surface area contributed by atoms with Gasteiger partial charge in [-0.05, 0) is 42.5 Å². The molecule has 0 amide bonds. The van der Waals surface area contributed by atoms with Crippen molar-refractivity contribution >= 4 is 0 Å². The van der Waals surface area contributed by atoms with Crippen molar-refractivity contribution in [3.05, 3.63) is 29.8 Å². The number of nitrogens with one attached hydrogen (secondary N) is 1. The highest BCUT2D eigenvalue weighted by Crippen LogP contribution is 2.39. The lowest BCUT2D eigenvalue weighted by molar-refractivity contribution is 0.141. The van der Waals surface area contributed by atoms with E-state index in [1.165, 1.54) is 24.8 Å². The number of ether oxygens (including phenoxy) is 1. The van der Waals surface area contributed by atoms with Gasteiger partial charge in [0.05, 0.1) is 7.11 Å². The Balaban J connectivity index is 1.77. The lowest BCUT2D eigenvalue weighted by Gasteiger charge is -2.41. The topological polar surface area (TPSA) is 47.3 Å². The van der Waals surface area contributed by atoms with E-state index in [4.69, 9.17) is 10.5 Å². The molecule has 0 heterocycles. The van der Waals surface area contributed by atoms with Crippen LogP contribution in [0.15, 0.2) is 24.3 Å². The van der Waals surface area contributed by atoms with E-state index in [-0.39, 0.29) is 0 Å². The normalized spacial score (nSPS) is 17.5. The number of methoxy groups -OCH3 is 1. The van der Waals surface area contributed by atoms with Crippen LogP contribution in [-0.2, 0) is 6.54 Å². The van der Waals surface area contributed by atoms with Crippen LogP contribution >= 0.6 is 0 Å². The molecule has 3 nitrogen and oxygen atoms in total. The number of rotatable bonds is 6. The molecule has 1 aliphatic rings. The van der Waals surface area contributed by atoms with Crippen molar-refractivity contribution < 1.29 is 4.74 Å². The Morgan fingerprint density at radius 3 is 2.47 bits per heavy atom. The van der Waals surface area contributed by atoms with Gasteiger partial charge in [0, 0.05) is 13.1 Å². The molecule has 17 heavy (non-hydrogen) atoms. The summed E-state index contributed by atoms with van der Waals surface area (Å²) in [6, 6.07) is 8.20. The predicted octanol–water partition coefficient (Wildman–Crippen LogP) is 1.91. The van der Waals surface area contributed by atoms with E-state index >= 15 is 0 Å². The summed E-state index contributed by atoms with van der Waals surface area (Å²) in [6.07, 6.45) is 3.89. The van der Waals surface area contributed by atoms with Gasteiger partial charge in [0.15, 0.2) is 0 Å². The summed E-state index contributed by atoms with van der Waals surface area (Å²) in [7, 11) is 1.69. The molecule has 1 saturated carbocycles. The minimum atomic E-state index is 0.381. The predicted molar refractivity (Wildman–Crippen MR) is 70.0 cm³/mol. The minimum Gasteiger partial charge on any atom is -0.497 e. The Morgan fingerprint density at radius 1 is 1.29 bits per heavy atom. The molecule has 3 heteroatoms. The summed E-state index contributed by atoms with van der Waals surface area (Å²) in [6.45, 7) is 2.75. The first-order chi connectivity index (χ1) is 8.28. The maximum atomic E-state index is 5.83. The maximum Gasteiger partial charge on any atom is 0.118 e. The molecule has 3 N–H and O–H groups in total. The standard InChI is InChI=1S/C14H22N2O/c1-17-13-5-3-12(4-6-13)9-16-11-14(10-15)7-2-8-14/h3-6,16H,2,7-11,15H2,1H3. The Bertz CT molecular complexity index is 338. The second kappa shape index (κ2) is 5.52. The van der Waals surface area contributed by atoms with Gasteiger partial charge in [0.2, 0.25) is 0 Å². The zero-order valence-corrected chi connectivity index (χ0v) is 10.5. The van der Waals surface area contributed by atoms with Gasteiger partial charge in [-0.2, -0.15) is 0 Å². The first-order valence-electron chi connectivity index (χ1n) is 6.32. The van der Waals surface area contributed by atoms with Gasteiger partial charge in [-0.25, -0.2) is 0 Å². The molecule has 94 valence electrons. The zero-order valence-electron chi connectivity index (χ0n) is 10.5. The molecule has 0 atom stereocenters. The van der Waals surface area contributed by atoms with Crippen molar-refractivity contribution in [2.24, 2.45) is 11.1 Å². The second-order valence-corrected chi connectivity index (χ2v) is 5.01. The summed E-state index contributed by atoms with van der Waals surface area (Å²) in [5.41, 5.74) is 7.50. The third kappa shape index (κ3) is 2.99. The van der Waals surface area contributed by atoms with E-state index < -0.39 is 0 Å². The number of hydrogen-bond donors (Lipinski definition) is 2. The lowest BCUT2D eigenvalue weighted by Crippen LogP contribution is -2.45. The molecule has 0 spiro atoms. The molecule has 1 aromatic carbocycles. The van der Waals surface area contributed by atoms with Gasteiger partial charge in [-0.3, -0.25) is 0 Å². The van der Waals surface area contributed by atoms with Crippen LogP contribution in [-0.4, -0.2) is 20.2 Å². The Kier molecular flexibility index (Phi) is 4.02. The molecule has 1 fully saturated rings. The molecule has 0 aliphatic heterocycles. The highest BCUT2D eigenvalue weighted by atomic mass is 16.5. The van der Waals surface area contributed by atoms with E-state index in [1.54, 1.807) is 7.11 Å². The molecule has 1 aliphatic carbocycles. The second-order valence-electron chi connectivity index (χ2n) is 5.01. The fraction of sp³-hybridized carbons (Fsp3) is 0.571. The van der Waals surface area contributed by atoms with Crippen LogP contribution < -0.4 is 15.8 Å². The maximum absolute atomic E-state index is 5.83. The SMILES string of the molecule is COc1ccc(CNCC2(CN)CCC2)cc1. The van der Waals surface area contributed by atoms with Crippen molar-refractivity contribution in [1.82, 2.24) is 5.32 Å². The van der Waals surface area contributed by atoms with Crippen LogP contribution in [0.1, 0.15) is 24.8 Å². The summed E-state index contributed by atoms with van der Waals surface area (Å²) in [5, 5.41) is 3.51. The summed E-state index contributed by atoms with van der Waals surface area (Å²) >= 11 is 0. The van der Waals surface area contributed by atoms with E-state index in [9.17, 15) is 0 Å². The van der Waals surface area contributed by atoms with Crippen molar-refractivity contribution in [3.63, 3.8) is 0 Å². The van der Waals surface area contributed by atoms with Crippen LogP contribution in [0.2, 0.25) is 0 Å². The molecule has 0 unspecified atom stereocenters. The van der Waals surface area contributed by atoms with Crippen molar-refractivity contribution in [3.8, 4) is 5.75 Å². The van der Waals surface area contributed by atoms with E-state index in [0.29, 0.717) is 5.41 Å². The van der Waals surface area contributed by atoms with Gasteiger partial charge < -0.3 is 15.8 Å². The summed E-state index contributed by atoms with van der Waals surface area (Å²) < 4.78 is 5.13. The molecular formula is C14H22N2O. The van der Waals surface area contributed by atoms with Gasteiger partial charge in [0.1, 0.15) is 5.75 Å². The van der Waals surface area contributed by atoms with Gasteiger partial charge in [-0.15, -0.1) is 0 Å². The van der Waals surface area contributed by atoms with Crippen LogP contribution in [0, 0.1) is 5.41 Å².